The van der Waals surface area contributed by atoms with Crippen LogP contribution in [0.2, 0.25) is 5.02 Å². The lowest BCUT2D eigenvalue weighted by molar-refractivity contribution is 0.331. The monoisotopic (exact) mass is 326 g/mol. The van der Waals surface area contributed by atoms with Crippen molar-refractivity contribution in [2.75, 3.05) is 11.3 Å². The largest absolute Gasteiger partial charge is 0.492 e. The predicted molar refractivity (Wildman–Crippen MR) is 82.4 cm³/mol. The van der Waals surface area contributed by atoms with Crippen molar-refractivity contribution in [3.05, 3.63) is 47.1 Å². The number of halogens is 1. The van der Waals surface area contributed by atoms with E-state index in [0.717, 1.165) is 5.56 Å². The van der Waals surface area contributed by atoms with E-state index in [9.17, 15) is 8.42 Å². The van der Waals surface area contributed by atoms with Gasteiger partial charge in [0.05, 0.1) is 11.6 Å². The van der Waals surface area contributed by atoms with Gasteiger partial charge in [0.2, 0.25) is 0 Å². The third kappa shape index (κ3) is 3.86. The molecule has 0 bridgehead atoms. The Morgan fingerprint density at radius 1 is 1.29 bits per heavy atom. The lowest BCUT2D eigenvalue weighted by Crippen LogP contribution is -2.15. The van der Waals surface area contributed by atoms with Crippen LogP contribution in [0, 0.1) is 6.92 Å². The minimum Gasteiger partial charge on any atom is -0.492 e. The van der Waals surface area contributed by atoms with Crippen LogP contribution in [0.3, 0.4) is 0 Å². The van der Waals surface area contributed by atoms with Gasteiger partial charge in [0.1, 0.15) is 16.5 Å². The topological polar surface area (TPSA) is 68.3 Å². The number of anilines is 1. The molecule has 1 aromatic heterocycles. The average Bonchev–Trinajstić information content (AvgIpc) is 2.41. The van der Waals surface area contributed by atoms with Crippen LogP contribution in [0.5, 0.6) is 5.75 Å². The van der Waals surface area contributed by atoms with Crippen molar-refractivity contribution in [1.82, 2.24) is 4.98 Å². The quantitative estimate of drug-likeness (QED) is 0.915. The molecule has 2 rings (SSSR count). The zero-order chi connectivity index (χ0) is 15.5. The molecule has 0 aliphatic rings. The summed E-state index contributed by atoms with van der Waals surface area (Å²) in [6.07, 6.45) is 1.37. The Morgan fingerprint density at radius 2 is 2.05 bits per heavy atom. The molecule has 0 aliphatic heterocycles. The Kier molecular flexibility index (Phi) is 4.69. The molecule has 0 spiro atoms. The Labute approximate surface area is 129 Å². The van der Waals surface area contributed by atoms with Crippen LogP contribution in [0.25, 0.3) is 0 Å². The SMILES string of the molecule is CCOc1cc(C)ccc1S(=O)(=O)Nc1ccc(Cl)cn1. The van der Waals surface area contributed by atoms with Crippen molar-refractivity contribution in [2.45, 2.75) is 18.7 Å². The third-order valence-corrected chi connectivity index (χ3v) is 4.27. The van der Waals surface area contributed by atoms with Crippen LogP contribution in [0.1, 0.15) is 12.5 Å². The van der Waals surface area contributed by atoms with E-state index < -0.39 is 10.0 Å². The molecule has 0 atom stereocenters. The zero-order valence-corrected chi connectivity index (χ0v) is 13.2. The van der Waals surface area contributed by atoms with Gasteiger partial charge in [0.15, 0.2) is 0 Å². The highest BCUT2D eigenvalue weighted by Crippen LogP contribution is 2.27. The van der Waals surface area contributed by atoms with Gasteiger partial charge < -0.3 is 4.74 Å². The van der Waals surface area contributed by atoms with Crippen LogP contribution in [0.4, 0.5) is 5.82 Å². The fraction of sp³-hybridized carbons (Fsp3) is 0.214. The minimum atomic E-state index is -3.78. The summed E-state index contributed by atoms with van der Waals surface area (Å²) in [5, 5.41) is 0.434. The van der Waals surface area contributed by atoms with Gasteiger partial charge in [-0.3, -0.25) is 4.72 Å². The summed E-state index contributed by atoms with van der Waals surface area (Å²) in [6.45, 7) is 4.05. The molecule has 1 N–H and O–H groups in total. The van der Waals surface area contributed by atoms with E-state index in [1.807, 2.05) is 6.92 Å². The Hall–Kier alpha value is -1.79. The Balaban J connectivity index is 2.37. The fourth-order valence-corrected chi connectivity index (χ4v) is 2.98. The van der Waals surface area contributed by atoms with E-state index in [1.165, 1.54) is 18.3 Å². The molecule has 112 valence electrons. The smallest absolute Gasteiger partial charge is 0.266 e. The maximum atomic E-state index is 12.4. The number of hydrogen-bond acceptors (Lipinski definition) is 4. The van der Waals surface area contributed by atoms with Crippen molar-refractivity contribution in [2.24, 2.45) is 0 Å². The highest BCUT2D eigenvalue weighted by atomic mass is 35.5. The Bertz CT molecular complexity index is 730. The molecule has 0 saturated carbocycles. The van der Waals surface area contributed by atoms with E-state index in [1.54, 1.807) is 25.1 Å². The van der Waals surface area contributed by atoms with Crippen LogP contribution in [0.15, 0.2) is 41.4 Å². The highest BCUT2D eigenvalue weighted by Gasteiger charge is 2.20. The van der Waals surface area contributed by atoms with Crippen molar-refractivity contribution in [3.63, 3.8) is 0 Å². The number of pyridine rings is 1. The van der Waals surface area contributed by atoms with Crippen molar-refractivity contribution >= 4 is 27.4 Å². The second-order valence-electron chi connectivity index (χ2n) is 4.35. The molecule has 0 unspecified atom stereocenters. The molecule has 2 aromatic rings. The van der Waals surface area contributed by atoms with Crippen molar-refractivity contribution < 1.29 is 13.2 Å². The van der Waals surface area contributed by atoms with E-state index in [-0.39, 0.29) is 10.7 Å². The first kappa shape index (κ1) is 15.6. The lowest BCUT2D eigenvalue weighted by atomic mass is 10.2. The summed E-state index contributed by atoms with van der Waals surface area (Å²) < 4.78 is 32.7. The summed E-state index contributed by atoms with van der Waals surface area (Å²) in [7, 11) is -3.78. The third-order valence-electron chi connectivity index (χ3n) is 2.65. The molecule has 0 amide bonds. The number of benzene rings is 1. The first-order chi connectivity index (χ1) is 9.92. The maximum Gasteiger partial charge on any atom is 0.266 e. The summed E-state index contributed by atoms with van der Waals surface area (Å²) in [5.74, 6) is 0.515. The molecule has 0 fully saturated rings. The van der Waals surface area contributed by atoms with Gasteiger partial charge in [-0.05, 0) is 43.7 Å². The number of aromatic nitrogens is 1. The molecule has 0 aliphatic carbocycles. The molecular formula is C14H15ClN2O3S. The summed E-state index contributed by atoms with van der Waals surface area (Å²) >= 11 is 5.72. The second-order valence-corrected chi connectivity index (χ2v) is 6.44. The summed E-state index contributed by atoms with van der Waals surface area (Å²) in [4.78, 5) is 3.99. The molecule has 1 aromatic carbocycles. The molecule has 5 nitrogen and oxygen atoms in total. The Morgan fingerprint density at radius 3 is 2.67 bits per heavy atom. The molecule has 7 heteroatoms. The van der Waals surface area contributed by atoms with Crippen molar-refractivity contribution in [3.8, 4) is 5.75 Å². The predicted octanol–water partition coefficient (Wildman–Crippen LogP) is 3.24. The van der Waals surface area contributed by atoms with E-state index in [0.29, 0.717) is 17.4 Å². The molecule has 0 saturated heterocycles. The van der Waals surface area contributed by atoms with Gasteiger partial charge in [-0.1, -0.05) is 17.7 Å². The summed E-state index contributed by atoms with van der Waals surface area (Å²) in [5.41, 5.74) is 0.919. The van der Waals surface area contributed by atoms with Gasteiger partial charge in [0, 0.05) is 6.20 Å². The number of aryl methyl sites for hydroxylation is 1. The van der Waals surface area contributed by atoms with Gasteiger partial charge in [0.25, 0.3) is 10.0 Å². The normalized spacial score (nSPS) is 11.2. The fourth-order valence-electron chi connectivity index (χ4n) is 1.73. The van der Waals surface area contributed by atoms with E-state index in [4.69, 9.17) is 16.3 Å². The van der Waals surface area contributed by atoms with E-state index >= 15 is 0 Å². The maximum absolute atomic E-state index is 12.4. The van der Waals surface area contributed by atoms with Gasteiger partial charge in [-0.2, -0.15) is 0 Å². The number of rotatable bonds is 5. The minimum absolute atomic E-state index is 0.0756. The van der Waals surface area contributed by atoms with Gasteiger partial charge in [-0.25, -0.2) is 13.4 Å². The second kappa shape index (κ2) is 6.32. The van der Waals surface area contributed by atoms with E-state index in [2.05, 4.69) is 9.71 Å². The number of sulfonamides is 1. The van der Waals surface area contributed by atoms with Crippen LogP contribution < -0.4 is 9.46 Å². The average molecular weight is 327 g/mol. The van der Waals surface area contributed by atoms with Crippen LogP contribution >= 0.6 is 11.6 Å². The number of hydrogen-bond donors (Lipinski definition) is 1. The van der Waals surface area contributed by atoms with Crippen LogP contribution in [-0.4, -0.2) is 20.0 Å². The van der Waals surface area contributed by atoms with Crippen LogP contribution in [-0.2, 0) is 10.0 Å². The first-order valence-corrected chi connectivity index (χ1v) is 8.16. The standard InChI is InChI=1S/C14H15ClN2O3S/c1-3-20-12-8-10(2)4-6-13(12)21(18,19)17-14-7-5-11(15)9-16-14/h4-9H,3H2,1-2H3,(H,16,17). The van der Waals surface area contributed by atoms with Gasteiger partial charge >= 0.3 is 0 Å². The number of nitrogens with one attached hydrogen (secondary N) is 1. The highest BCUT2D eigenvalue weighted by molar-refractivity contribution is 7.92. The van der Waals surface area contributed by atoms with Gasteiger partial charge in [-0.15, -0.1) is 0 Å². The molecule has 21 heavy (non-hydrogen) atoms. The molecule has 1 heterocycles. The molecule has 0 radical (unpaired) electrons. The van der Waals surface area contributed by atoms with Crippen molar-refractivity contribution in [1.29, 1.82) is 0 Å². The number of ether oxygens (including phenoxy) is 1. The molecular weight excluding hydrogens is 312 g/mol. The zero-order valence-electron chi connectivity index (χ0n) is 11.6. The first-order valence-electron chi connectivity index (χ1n) is 6.30. The lowest BCUT2D eigenvalue weighted by Gasteiger charge is -2.12. The summed E-state index contributed by atoms with van der Waals surface area (Å²) in [6, 6.07) is 7.97. The number of nitrogens with zero attached hydrogens (tertiary/aromatic N) is 1.